The van der Waals surface area contributed by atoms with Crippen molar-refractivity contribution in [1.82, 2.24) is 14.6 Å². The third-order valence-corrected chi connectivity index (χ3v) is 2.01. The van der Waals surface area contributed by atoms with Crippen LogP contribution in [0.2, 0.25) is 0 Å². The zero-order chi connectivity index (χ0) is 10.8. The Morgan fingerprint density at radius 1 is 1.47 bits per heavy atom. The number of pyridine rings is 1. The molecule has 0 aliphatic heterocycles. The summed E-state index contributed by atoms with van der Waals surface area (Å²) in [5, 5.41) is 7.67. The monoisotopic (exact) mass is 205 g/mol. The van der Waals surface area contributed by atoms with Gasteiger partial charge in [0.25, 0.3) is 0 Å². The Kier molecular flexibility index (Phi) is 2.37. The lowest BCUT2D eigenvalue weighted by molar-refractivity contribution is 0.0510. The van der Waals surface area contributed by atoms with E-state index in [1.54, 1.807) is 11.3 Å². The van der Waals surface area contributed by atoms with Crippen LogP contribution in [0, 0.1) is 6.92 Å². The fourth-order valence-electron chi connectivity index (χ4n) is 1.33. The molecule has 0 atom stereocenters. The van der Waals surface area contributed by atoms with E-state index >= 15 is 0 Å². The summed E-state index contributed by atoms with van der Waals surface area (Å²) >= 11 is 0. The van der Waals surface area contributed by atoms with Gasteiger partial charge in [0.2, 0.25) is 5.82 Å². The number of carbonyl (C=O) groups excluding carboxylic acids is 1. The van der Waals surface area contributed by atoms with Gasteiger partial charge in [-0.15, -0.1) is 10.2 Å². The van der Waals surface area contributed by atoms with Gasteiger partial charge < -0.3 is 4.74 Å². The number of carbonyl (C=O) groups is 1. The first-order valence-corrected chi connectivity index (χ1v) is 4.71. The summed E-state index contributed by atoms with van der Waals surface area (Å²) in [5.41, 5.74) is 1.68. The molecule has 0 fully saturated rings. The molecule has 2 rings (SSSR count). The van der Waals surface area contributed by atoms with Crippen LogP contribution in [0.4, 0.5) is 0 Å². The number of esters is 1. The maximum Gasteiger partial charge on any atom is 0.376 e. The first kappa shape index (κ1) is 9.64. The van der Waals surface area contributed by atoms with Crippen LogP contribution in [0.3, 0.4) is 0 Å². The molecule has 0 N–H and O–H groups in total. The van der Waals surface area contributed by atoms with Gasteiger partial charge in [0.05, 0.1) is 6.61 Å². The summed E-state index contributed by atoms with van der Waals surface area (Å²) in [5.74, 6) is -0.230. The number of rotatable bonds is 2. The van der Waals surface area contributed by atoms with E-state index in [0.29, 0.717) is 12.3 Å². The smallest absolute Gasteiger partial charge is 0.376 e. The average Bonchev–Trinajstić information content (AvgIpc) is 2.60. The van der Waals surface area contributed by atoms with Gasteiger partial charge in [0, 0.05) is 6.20 Å². The molecule has 5 nitrogen and oxygen atoms in total. The largest absolute Gasteiger partial charge is 0.460 e. The van der Waals surface area contributed by atoms with Gasteiger partial charge >= 0.3 is 5.97 Å². The molecule has 0 spiro atoms. The highest BCUT2D eigenvalue weighted by Gasteiger charge is 2.14. The molecule has 78 valence electrons. The van der Waals surface area contributed by atoms with E-state index in [1.807, 2.05) is 25.3 Å². The molecule has 2 aromatic rings. The zero-order valence-corrected chi connectivity index (χ0v) is 8.60. The van der Waals surface area contributed by atoms with Crippen molar-refractivity contribution in [3.8, 4) is 0 Å². The number of aromatic nitrogens is 3. The van der Waals surface area contributed by atoms with Gasteiger partial charge in [-0.2, -0.15) is 0 Å². The highest BCUT2D eigenvalue weighted by molar-refractivity contribution is 5.86. The molecule has 0 radical (unpaired) electrons. The van der Waals surface area contributed by atoms with Crippen molar-refractivity contribution in [1.29, 1.82) is 0 Å². The van der Waals surface area contributed by atoms with Gasteiger partial charge in [0.15, 0.2) is 5.65 Å². The molecule has 0 bridgehead atoms. The maximum absolute atomic E-state index is 11.5. The Morgan fingerprint density at radius 3 is 3.00 bits per heavy atom. The zero-order valence-electron chi connectivity index (χ0n) is 8.60. The van der Waals surface area contributed by atoms with Crippen LogP contribution in [0.1, 0.15) is 23.1 Å². The van der Waals surface area contributed by atoms with Gasteiger partial charge in [-0.25, -0.2) is 4.79 Å². The van der Waals surface area contributed by atoms with E-state index < -0.39 is 5.97 Å². The predicted octanol–water partition coefficient (Wildman–Crippen LogP) is 1.21. The Balaban J connectivity index is 2.52. The standard InChI is InChI=1S/C10H11N3O2/c1-3-15-10(14)9-12-11-8-5-4-7(2)6-13(8)9/h4-6H,3H2,1-2H3. The molecule has 0 aromatic carbocycles. The molecule has 0 aliphatic carbocycles. The van der Waals surface area contributed by atoms with E-state index in [1.165, 1.54) is 0 Å². The lowest BCUT2D eigenvalue weighted by Gasteiger charge is -2.00. The molecule has 0 aliphatic rings. The van der Waals surface area contributed by atoms with Crippen molar-refractivity contribution in [2.45, 2.75) is 13.8 Å². The van der Waals surface area contributed by atoms with E-state index in [0.717, 1.165) is 5.56 Å². The van der Waals surface area contributed by atoms with E-state index in [-0.39, 0.29) is 5.82 Å². The molecule has 0 saturated heterocycles. The van der Waals surface area contributed by atoms with Crippen LogP contribution in [0.15, 0.2) is 18.3 Å². The van der Waals surface area contributed by atoms with Crippen LogP contribution in [0.25, 0.3) is 5.65 Å². The Labute approximate surface area is 86.7 Å². The van der Waals surface area contributed by atoms with E-state index in [4.69, 9.17) is 4.74 Å². The summed E-state index contributed by atoms with van der Waals surface area (Å²) in [6.45, 7) is 4.03. The van der Waals surface area contributed by atoms with Crippen molar-refractivity contribution < 1.29 is 9.53 Å². The van der Waals surface area contributed by atoms with Crippen LogP contribution in [0.5, 0.6) is 0 Å². The first-order valence-electron chi connectivity index (χ1n) is 4.71. The molecule has 0 unspecified atom stereocenters. The SMILES string of the molecule is CCOC(=O)c1nnc2ccc(C)cn12. The molecular formula is C10H11N3O2. The number of ether oxygens (including phenoxy) is 1. The van der Waals surface area contributed by atoms with Crippen molar-refractivity contribution in [3.63, 3.8) is 0 Å². The third-order valence-electron chi connectivity index (χ3n) is 2.01. The maximum atomic E-state index is 11.5. The second-order valence-electron chi connectivity index (χ2n) is 3.18. The topological polar surface area (TPSA) is 56.5 Å². The first-order chi connectivity index (χ1) is 7.22. The summed E-state index contributed by atoms with van der Waals surface area (Å²) in [7, 11) is 0. The van der Waals surface area contributed by atoms with Crippen LogP contribution < -0.4 is 0 Å². The van der Waals surface area contributed by atoms with E-state index in [9.17, 15) is 4.79 Å². The number of hydrogen-bond acceptors (Lipinski definition) is 4. The van der Waals surface area contributed by atoms with Crippen LogP contribution in [-0.4, -0.2) is 27.2 Å². The second-order valence-corrected chi connectivity index (χ2v) is 3.18. The van der Waals surface area contributed by atoms with Crippen LogP contribution >= 0.6 is 0 Å². The molecular weight excluding hydrogens is 194 g/mol. The van der Waals surface area contributed by atoms with Gasteiger partial charge in [-0.3, -0.25) is 4.40 Å². The van der Waals surface area contributed by atoms with Crippen molar-refractivity contribution in [2.75, 3.05) is 6.61 Å². The quantitative estimate of drug-likeness (QED) is 0.691. The Bertz CT molecular complexity index is 504. The Hall–Kier alpha value is -1.91. The normalized spacial score (nSPS) is 10.5. The minimum absolute atomic E-state index is 0.218. The molecule has 15 heavy (non-hydrogen) atoms. The fourth-order valence-corrected chi connectivity index (χ4v) is 1.33. The summed E-state index contributed by atoms with van der Waals surface area (Å²) in [6.07, 6.45) is 1.81. The number of aryl methyl sites for hydroxylation is 1. The van der Waals surface area contributed by atoms with Crippen molar-refractivity contribution in [2.24, 2.45) is 0 Å². The van der Waals surface area contributed by atoms with Gasteiger partial charge in [0.1, 0.15) is 0 Å². The number of fused-ring (bicyclic) bond motifs is 1. The molecule has 5 heteroatoms. The Morgan fingerprint density at radius 2 is 2.27 bits per heavy atom. The number of nitrogens with zero attached hydrogens (tertiary/aromatic N) is 3. The molecule has 0 amide bonds. The lowest BCUT2D eigenvalue weighted by Crippen LogP contribution is -2.09. The minimum Gasteiger partial charge on any atom is -0.460 e. The summed E-state index contributed by atoms with van der Waals surface area (Å²) < 4.78 is 6.50. The summed E-state index contributed by atoms with van der Waals surface area (Å²) in [4.78, 5) is 11.5. The fraction of sp³-hybridized carbons (Fsp3) is 0.300. The molecule has 2 heterocycles. The second kappa shape index (κ2) is 3.68. The van der Waals surface area contributed by atoms with Crippen molar-refractivity contribution >= 4 is 11.6 Å². The highest BCUT2D eigenvalue weighted by atomic mass is 16.5. The predicted molar refractivity (Wildman–Crippen MR) is 53.7 cm³/mol. The third kappa shape index (κ3) is 1.68. The van der Waals surface area contributed by atoms with Crippen LogP contribution in [-0.2, 0) is 4.74 Å². The average molecular weight is 205 g/mol. The van der Waals surface area contributed by atoms with Crippen molar-refractivity contribution in [3.05, 3.63) is 29.7 Å². The molecule has 0 saturated carbocycles. The van der Waals surface area contributed by atoms with Gasteiger partial charge in [-0.05, 0) is 25.5 Å². The summed E-state index contributed by atoms with van der Waals surface area (Å²) in [6, 6.07) is 3.73. The lowest BCUT2D eigenvalue weighted by atomic mass is 10.3. The minimum atomic E-state index is -0.449. The van der Waals surface area contributed by atoms with E-state index in [2.05, 4.69) is 10.2 Å². The van der Waals surface area contributed by atoms with Gasteiger partial charge in [-0.1, -0.05) is 6.07 Å². The number of hydrogen-bond donors (Lipinski definition) is 0. The molecule has 2 aromatic heterocycles. The highest BCUT2D eigenvalue weighted by Crippen LogP contribution is 2.07.